The number of amides is 1. The van der Waals surface area contributed by atoms with Crippen LogP contribution in [0.15, 0.2) is 0 Å². The monoisotopic (exact) mass is 282 g/mol. The van der Waals surface area contributed by atoms with Crippen LogP contribution in [0.2, 0.25) is 0 Å². The van der Waals surface area contributed by atoms with Crippen molar-refractivity contribution >= 4 is 12.2 Å². The van der Waals surface area contributed by atoms with Crippen molar-refractivity contribution in [2.24, 2.45) is 0 Å². The predicted octanol–water partition coefficient (Wildman–Crippen LogP) is 2.56. The second-order valence-corrected chi connectivity index (χ2v) is 5.98. The van der Waals surface area contributed by atoms with Crippen LogP contribution in [0.4, 0.5) is 0 Å². The van der Waals surface area contributed by atoms with Gasteiger partial charge < -0.3 is 15.4 Å². The van der Waals surface area contributed by atoms with E-state index in [9.17, 15) is 9.59 Å². The van der Waals surface area contributed by atoms with Crippen LogP contribution in [-0.2, 0) is 9.59 Å². The minimum Gasteiger partial charge on any atom is -0.352 e. The van der Waals surface area contributed by atoms with E-state index in [1.54, 1.807) is 0 Å². The highest BCUT2D eigenvalue weighted by Crippen LogP contribution is 2.21. The molecule has 1 saturated carbocycles. The lowest BCUT2D eigenvalue weighted by atomic mass is 10.1. The molecule has 1 aliphatic rings. The van der Waals surface area contributed by atoms with Gasteiger partial charge in [0, 0.05) is 18.5 Å². The molecule has 1 rings (SSSR count). The summed E-state index contributed by atoms with van der Waals surface area (Å²) in [5, 5.41) is 6.20. The van der Waals surface area contributed by atoms with Crippen LogP contribution in [0.25, 0.3) is 0 Å². The minimum atomic E-state index is -0.120. The maximum Gasteiger partial charge on any atom is 0.220 e. The molecular weight excluding hydrogens is 252 g/mol. The van der Waals surface area contributed by atoms with Crippen LogP contribution in [0.1, 0.15) is 71.6 Å². The van der Waals surface area contributed by atoms with E-state index in [1.807, 2.05) is 6.92 Å². The second kappa shape index (κ2) is 9.92. The Morgan fingerprint density at radius 3 is 2.45 bits per heavy atom. The molecule has 2 N–H and O–H groups in total. The van der Waals surface area contributed by atoms with Crippen molar-refractivity contribution in [3.8, 4) is 0 Å². The lowest BCUT2D eigenvalue weighted by molar-refractivity contribution is -0.121. The molecule has 0 saturated heterocycles. The van der Waals surface area contributed by atoms with Crippen molar-refractivity contribution in [2.75, 3.05) is 0 Å². The molecule has 0 aromatic carbocycles. The van der Waals surface area contributed by atoms with Crippen LogP contribution in [0.5, 0.6) is 0 Å². The molecule has 3 unspecified atom stereocenters. The molecule has 0 heterocycles. The SMILES string of the molecule is CCCCCCCCCC(=O)NC1CC1NC(C)C=O. The molecule has 0 aromatic heterocycles. The number of hydrogen-bond acceptors (Lipinski definition) is 3. The number of nitrogens with one attached hydrogen (secondary N) is 2. The molecule has 0 aliphatic heterocycles. The van der Waals surface area contributed by atoms with Crippen molar-refractivity contribution in [3.05, 3.63) is 0 Å². The van der Waals surface area contributed by atoms with Gasteiger partial charge in [-0.15, -0.1) is 0 Å². The zero-order valence-corrected chi connectivity index (χ0v) is 13.0. The summed E-state index contributed by atoms with van der Waals surface area (Å²) in [6.07, 6.45) is 11.1. The first-order chi connectivity index (χ1) is 9.67. The topological polar surface area (TPSA) is 58.2 Å². The Kier molecular flexibility index (Phi) is 8.51. The number of aldehydes is 1. The highest BCUT2D eigenvalue weighted by atomic mass is 16.1. The number of rotatable bonds is 12. The first kappa shape index (κ1) is 17.2. The average molecular weight is 282 g/mol. The van der Waals surface area contributed by atoms with Gasteiger partial charge in [0.2, 0.25) is 5.91 Å². The fourth-order valence-corrected chi connectivity index (χ4v) is 2.44. The van der Waals surface area contributed by atoms with E-state index < -0.39 is 0 Å². The summed E-state index contributed by atoms with van der Waals surface area (Å²) in [5.74, 6) is 0.159. The molecule has 0 spiro atoms. The summed E-state index contributed by atoms with van der Waals surface area (Å²) in [6, 6.07) is 0.396. The van der Waals surface area contributed by atoms with Crippen LogP contribution >= 0.6 is 0 Å². The van der Waals surface area contributed by atoms with Gasteiger partial charge in [0.15, 0.2) is 0 Å². The van der Waals surface area contributed by atoms with E-state index in [0.29, 0.717) is 6.42 Å². The summed E-state index contributed by atoms with van der Waals surface area (Å²) in [4.78, 5) is 22.2. The average Bonchev–Trinajstić information content (AvgIpc) is 3.15. The van der Waals surface area contributed by atoms with Crippen molar-refractivity contribution in [3.63, 3.8) is 0 Å². The fraction of sp³-hybridized carbons (Fsp3) is 0.875. The summed E-state index contributed by atoms with van der Waals surface area (Å²) in [6.45, 7) is 4.06. The predicted molar refractivity (Wildman–Crippen MR) is 81.6 cm³/mol. The van der Waals surface area contributed by atoms with E-state index >= 15 is 0 Å². The van der Waals surface area contributed by atoms with Gasteiger partial charge in [-0.2, -0.15) is 0 Å². The molecule has 20 heavy (non-hydrogen) atoms. The molecule has 3 atom stereocenters. The lowest BCUT2D eigenvalue weighted by Crippen LogP contribution is -2.36. The Morgan fingerprint density at radius 1 is 1.15 bits per heavy atom. The van der Waals surface area contributed by atoms with E-state index in [-0.39, 0.29) is 24.0 Å². The second-order valence-electron chi connectivity index (χ2n) is 5.98. The number of hydrogen-bond donors (Lipinski definition) is 2. The number of unbranched alkanes of at least 4 members (excludes halogenated alkanes) is 6. The van der Waals surface area contributed by atoms with Gasteiger partial charge in [0.1, 0.15) is 6.29 Å². The highest BCUT2D eigenvalue weighted by molar-refractivity contribution is 5.76. The summed E-state index contributed by atoms with van der Waals surface area (Å²) >= 11 is 0. The van der Waals surface area contributed by atoms with Gasteiger partial charge in [-0.25, -0.2) is 0 Å². The summed E-state index contributed by atoms with van der Waals surface area (Å²) < 4.78 is 0. The fourth-order valence-electron chi connectivity index (χ4n) is 2.44. The van der Waals surface area contributed by atoms with Crippen molar-refractivity contribution in [1.29, 1.82) is 0 Å². The Balaban J connectivity index is 1.93. The van der Waals surface area contributed by atoms with Crippen LogP contribution < -0.4 is 10.6 Å². The lowest BCUT2D eigenvalue weighted by Gasteiger charge is -2.07. The van der Waals surface area contributed by atoms with Gasteiger partial charge in [0.05, 0.1) is 6.04 Å². The van der Waals surface area contributed by atoms with E-state index in [0.717, 1.165) is 25.5 Å². The zero-order chi connectivity index (χ0) is 14.8. The Labute approximate surface area is 123 Å². The molecule has 0 bridgehead atoms. The van der Waals surface area contributed by atoms with Crippen LogP contribution in [0, 0.1) is 0 Å². The first-order valence-electron chi connectivity index (χ1n) is 8.18. The van der Waals surface area contributed by atoms with Gasteiger partial charge in [0.25, 0.3) is 0 Å². The molecule has 1 aliphatic carbocycles. The first-order valence-corrected chi connectivity index (χ1v) is 8.18. The Bertz CT molecular complexity index is 294. The standard InChI is InChI=1S/C16H30N2O2/c1-3-4-5-6-7-8-9-10-16(20)18-15-11-14(15)17-13(2)12-19/h12-15,17H,3-11H2,1-2H3,(H,18,20). The third-order valence-electron chi connectivity index (χ3n) is 3.83. The van der Waals surface area contributed by atoms with Gasteiger partial charge in [-0.1, -0.05) is 45.4 Å². The quantitative estimate of drug-likeness (QED) is 0.427. The molecule has 116 valence electrons. The van der Waals surface area contributed by atoms with E-state index in [2.05, 4.69) is 17.6 Å². The molecule has 0 radical (unpaired) electrons. The normalized spacial score (nSPS) is 22.3. The van der Waals surface area contributed by atoms with E-state index in [1.165, 1.54) is 32.1 Å². The van der Waals surface area contributed by atoms with Crippen molar-refractivity contribution < 1.29 is 9.59 Å². The van der Waals surface area contributed by atoms with Crippen LogP contribution in [0.3, 0.4) is 0 Å². The van der Waals surface area contributed by atoms with Crippen molar-refractivity contribution in [2.45, 2.75) is 89.8 Å². The van der Waals surface area contributed by atoms with Gasteiger partial charge in [-0.05, 0) is 19.8 Å². The van der Waals surface area contributed by atoms with Gasteiger partial charge in [-0.3, -0.25) is 4.79 Å². The third kappa shape index (κ3) is 7.63. The Morgan fingerprint density at radius 2 is 1.80 bits per heavy atom. The molecule has 4 nitrogen and oxygen atoms in total. The summed E-state index contributed by atoms with van der Waals surface area (Å²) in [7, 11) is 0. The minimum absolute atomic E-state index is 0.120. The molecule has 4 heteroatoms. The maximum absolute atomic E-state index is 11.7. The number of carbonyl (C=O) groups is 2. The molecule has 1 amide bonds. The largest absolute Gasteiger partial charge is 0.352 e. The molecule has 0 aromatic rings. The number of carbonyl (C=O) groups excluding carboxylic acids is 2. The van der Waals surface area contributed by atoms with E-state index in [4.69, 9.17) is 0 Å². The molecular formula is C16H30N2O2. The molecule has 1 fully saturated rings. The van der Waals surface area contributed by atoms with Crippen molar-refractivity contribution in [1.82, 2.24) is 10.6 Å². The zero-order valence-electron chi connectivity index (χ0n) is 13.0. The van der Waals surface area contributed by atoms with Crippen LogP contribution in [-0.4, -0.2) is 30.3 Å². The highest BCUT2D eigenvalue weighted by Gasteiger charge is 2.38. The maximum atomic E-state index is 11.7. The Hall–Kier alpha value is -0.900. The smallest absolute Gasteiger partial charge is 0.220 e. The van der Waals surface area contributed by atoms with Gasteiger partial charge >= 0.3 is 0 Å². The third-order valence-corrected chi connectivity index (χ3v) is 3.83. The summed E-state index contributed by atoms with van der Waals surface area (Å²) in [5.41, 5.74) is 0.